The predicted octanol–water partition coefficient (Wildman–Crippen LogP) is 3.60. The Kier molecular flexibility index (Phi) is 7.32. The minimum absolute atomic E-state index is 0.0561. The largest absolute Gasteiger partial charge is 0.416 e. The number of nitrogens with two attached hydrogens (primary N) is 1. The van der Waals surface area contributed by atoms with Gasteiger partial charge in [0.05, 0.1) is 22.6 Å². The van der Waals surface area contributed by atoms with Gasteiger partial charge in [-0.25, -0.2) is 21.6 Å². The number of nitrogens with one attached hydrogen (secondary N) is 1. The van der Waals surface area contributed by atoms with Crippen molar-refractivity contribution in [2.75, 3.05) is 11.5 Å². The van der Waals surface area contributed by atoms with Gasteiger partial charge in [-0.15, -0.1) is 0 Å². The molecule has 2 aromatic carbocycles. The first-order chi connectivity index (χ1) is 15.7. The normalized spacial score (nSPS) is 18.3. The fourth-order valence-electron chi connectivity index (χ4n) is 3.98. The summed E-state index contributed by atoms with van der Waals surface area (Å²) in [6.07, 6.45) is -5.32. The van der Waals surface area contributed by atoms with Crippen LogP contribution in [0.5, 0.6) is 0 Å². The zero-order chi connectivity index (χ0) is 25.3. The van der Waals surface area contributed by atoms with Gasteiger partial charge in [-0.2, -0.15) is 13.2 Å². The fourth-order valence-corrected chi connectivity index (χ4v) is 5.50. The van der Waals surface area contributed by atoms with E-state index in [1.54, 1.807) is 0 Å². The van der Waals surface area contributed by atoms with Crippen molar-refractivity contribution in [2.45, 2.75) is 43.4 Å². The van der Waals surface area contributed by atoms with Gasteiger partial charge in [0, 0.05) is 18.5 Å². The fraction of sp³-hybridized carbons (Fsp3) is 0.409. The third kappa shape index (κ3) is 6.09. The zero-order valence-corrected chi connectivity index (χ0v) is 18.6. The van der Waals surface area contributed by atoms with Gasteiger partial charge >= 0.3 is 6.18 Å². The molecule has 3 N–H and O–H groups in total. The van der Waals surface area contributed by atoms with Crippen LogP contribution in [0.25, 0.3) is 0 Å². The van der Waals surface area contributed by atoms with E-state index in [1.807, 2.05) is 0 Å². The average molecular weight is 508 g/mol. The number of hydrogen-bond donors (Lipinski definition) is 2. The second-order valence-electron chi connectivity index (χ2n) is 8.38. The van der Waals surface area contributed by atoms with Gasteiger partial charge in [0.15, 0.2) is 21.5 Å². The molecule has 0 bridgehead atoms. The standard InChI is InChI=1S/C22H22F6N2O3S/c23-17-12-19(25)18(24)10-13(17)9-16(29)11-20(31)30-21(5-7-34(32,33)8-6-21)14-1-3-15(4-2-14)22(26,27)28/h1-4,10,12,16H,5-9,11,29H2,(H,30,31)/t16-/m1/s1. The van der Waals surface area contributed by atoms with Crippen molar-refractivity contribution >= 4 is 15.7 Å². The van der Waals surface area contributed by atoms with Crippen LogP contribution in [0.1, 0.15) is 36.0 Å². The molecule has 1 aliphatic heterocycles. The van der Waals surface area contributed by atoms with Crippen molar-refractivity contribution in [1.29, 1.82) is 0 Å². The topological polar surface area (TPSA) is 89.3 Å². The first-order valence-corrected chi connectivity index (χ1v) is 12.1. The summed E-state index contributed by atoms with van der Waals surface area (Å²) in [5.74, 6) is -4.85. The number of halogens is 6. The molecule has 34 heavy (non-hydrogen) atoms. The summed E-state index contributed by atoms with van der Waals surface area (Å²) in [5, 5.41) is 2.70. The Balaban J connectivity index is 1.77. The van der Waals surface area contributed by atoms with Gasteiger partial charge in [-0.05, 0) is 48.6 Å². The Morgan fingerprint density at radius 1 is 1.00 bits per heavy atom. The number of carbonyl (C=O) groups excluding carboxylic acids is 1. The van der Waals surface area contributed by atoms with E-state index in [1.165, 1.54) is 12.1 Å². The van der Waals surface area contributed by atoms with E-state index in [9.17, 15) is 39.6 Å². The van der Waals surface area contributed by atoms with Gasteiger partial charge in [0.2, 0.25) is 5.91 Å². The van der Waals surface area contributed by atoms with Gasteiger partial charge in [0.25, 0.3) is 0 Å². The second-order valence-corrected chi connectivity index (χ2v) is 10.7. The summed E-state index contributed by atoms with van der Waals surface area (Å²) in [6.45, 7) is 0. The molecule has 1 fully saturated rings. The third-order valence-corrected chi connectivity index (χ3v) is 7.49. The van der Waals surface area contributed by atoms with Crippen LogP contribution >= 0.6 is 0 Å². The Hall–Kier alpha value is -2.60. The van der Waals surface area contributed by atoms with E-state index < -0.39 is 56.5 Å². The molecule has 1 aliphatic rings. The van der Waals surface area contributed by atoms with Crippen molar-refractivity contribution in [3.05, 3.63) is 70.5 Å². The van der Waals surface area contributed by atoms with Crippen molar-refractivity contribution in [2.24, 2.45) is 5.73 Å². The van der Waals surface area contributed by atoms with Crippen molar-refractivity contribution in [3.63, 3.8) is 0 Å². The summed E-state index contributed by atoms with van der Waals surface area (Å²) in [4.78, 5) is 12.7. The van der Waals surface area contributed by atoms with E-state index >= 15 is 0 Å². The van der Waals surface area contributed by atoms with Gasteiger partial charge in [-0.1, -0.05) is 12.1 Å². The van der Waals surface area contributed by atoms with Crippen LogP contribution in [0, 0.1) is 17.5 Å². The lowest BCUT2D eigenvalue weighted by Crippen LogP contribution is -2.51. The number of sulfone groups is 1. The van der Waals surface area contributed by atoms with Crippen molar-refractivity contribution in [1.82, 2.24) is 5.32 Å². The van der Waals surface area contributed by atoms with E-state index in [0.717, 1.165) is 12.1 Å². The molecule has 0 saturated carbocycles. The number of amides is 1. The smallest absolute Gasteiger partial charge is 0.346 e. The Labute approximate surface area is 192 Å². The molecule has 0 aromatic heterocycles. The molecular weight excluding hydrogens is 486 g/mol. The molecule has 0 aliphatic carbocycles. The zero-order valence-electron chi connectivity index (χ0n) is 17.8. The maximum absolute atomic E-state index is 13.9. The lowest BCUT2D eigenvalue weighted by atomic mass is 9.83. The van der Waals surface area contributed by atoms with Crippen LogP contribution in [0.2, 0.25) is 0 Å². The molecule has 1 amide bonds. The first-order valence-electron chi connectivity index (χ1n) is 10.3. The Bertz CT molecular complexity index is 1150. The Morgan fingerprint density at radius 2 is 1.56 bits per heavy atom. The number of hydrogen-bond acceptors (Lipinski definition) is 4. The number of rotatable bonds is 6. The third-order valence-electron chi connectivity index (χ3n) is 5.84. The first kappa shape index (κ1) is 26.0. The highest BCUT2D eigenvalue weighted by molar-refractivity contribution is 7.91. The molecule has 1 atom stereocenters. The average Bonchev–Trinajstić information content (AvgIpc) is 2.73. The Morgan fingerprint density at radius 3 is 2.12 bits per heavy atom. The van der Waals surface area contributed by atoms with E-state index in [2.05, 4.69) is 5.32 Å². The highest BCUT2D eigenvalue weighted by Crippen LogP contribution is 2.36. The second kappa shape index (κ2) is 9.57. The number of alkyl halides is 3. The summed E-state index contributed by atoms with van der Waals surface area (Å²) in [5.41, 5.74) is 3.86. The maximum atomic E-state index is 13.9. The van der Waals surface area contributed by atoms with E-state index in [-0.39, 0.29) is 42.8 Å². The summed E-state index contributed by atoms with van der Waals surface area (Å²) in [7, 11) is -3.37. The van der Waals surface area contributed by atoms with Crippen molar-refractivity contribution in [3.8, 4) is 0 Å². The SMILES string of the molecule is N[C@@H](CC(=O)NC1(c2ccc(C(F)(F)F)cc2)CCS(=O)(=O)CC1)Cc1cc(F)c(F)cc1F. The minimum Gasteiger partial charge on any atom is -0.346 e. The van der Waals surface area contributed by atoms with Crippen LogP contribution in [0.4, 0.5) is 26.3 Å². The lowest BCUT2D eigenvalue weighted by molar-refractivity contribution is -0.137. The van der Waals surface area contributed by atoms with Gasteiger partial charge < -0.3 is 11.1 Å². The van der Waals surface area contributed by atoms with E-state index in [0.29, 0.717) is 17.7 Å². The molecule has 12 heteroatoms. The summed E-state index contributed by atoms with van der Waals surface area (Å²) in [6, 6.07) is 4.12. The van der Waals surface area contributed by atoms with Crippen LogP contribution in [0.3, 0.4) is 0 Å². The minimum atomic E-state index is -4.56. The molecular formula is C22H22F6N2O3S. The number of benzene rings is 2. The quantitative estimate of drug-likeness (QED) is 0.461. The van der Waals surface area contributed by atoms with E-state index in [4.69, 9.17) is 5.73 Å². The van der Waals surface area contributed by atoms with Gasteiger partial charge in [0.1, 0.15) is 5.82 Å². The van der Waals surface area contributed by atoms with Crippen LogP contribution in [-0.4, -0.2) is 31.9 Å². The molecule has 0 unspecified atom stereocenters. The molecule has 3 rings (SSSR count). The highest BCUT2D eigenvalue weighted by Gasteiger charge is 2.41. The molecule has 0 radical (unpaired) electrons. The molecule has 0 spiro atoms. The van der Waals surface area contributed by atoms with Gasteiger partial charge in [-0.3, -0.25) is 4.79 Å². The molecule has 5 nitrogen and oxygen atoms in total. The highest BCUT2D eigenvalue weighted by atomic mass is 32.2. The molecule has 1 heterocycles. The van der Waals surface area contributed by atoms with Crippen LogP contribution < -0.4 is 11.1 Å². The summed E-state index contributed by atoms with van der Waals surface area (Å²) >= 11 is 0. The summed E-state index contributed by atoms with van der Waals surface area (Å²) < 4.78 is 103. The molecule has 186 valence electrons. The molecule has 2 aromatic rings. The number of carbonyl (C=O) groups is 1. The molecule has 1 saturated heterocycles. The monoisotopic (exact) mass is 508 g/mol. The van der Waals surface area contributed by atoms with Crippen LogP contribution in [-0.2, 0) is 32.8 Å². The predicted molar refractivity (Wildman–Crippen MR) is 112 cm³/mol. The van der Waals surface area contributed by atoms with Crippen molar-refractivity contribution < 1.29 is 39.6 Å². The maximum Gasteiger partial charge on any atom is 0.416 e. The lowest BCUT2D eigenvalue weighted by Gasteiger charge is -2.39. The van der Waals surface area contributed by atoms with Crippen LogP contribution in [0.15, 0.2) is 36.4 Å².